The number of hydrogen-bond donors (Lipinski definition) is 0. The molecule has 0 aliphatic heterocycles. The Morgan fingerprint density at radius 2 is 1.72 bits per heavy atom. The summed E-state index contributed by atoms with van der Waals surface area (Å²) in [5, 5.41) is 0. The van der Waals surface area contributed by atoms with Crippen molar-refractivity contribution in [3.63, 3.8) is 0 Å². The molecule has 0 spiro atoms. The zero-order valence-corrected chi connectivity index (χ0v) is 13.5. The number of halogens is 3. The Hall–Kier alpha value is -3.04. The van der Waals surface area contributed by atoms with E-state index < -0.39 is 23.0 Å². The SMILES string of the molecule is Cn1c(=O)c2c(nc(Oc3cccc(C(F)(F)F)c3)n2C)n(C)c1=O. The van der Waals surface area contributed by atoms with E-state index in [9.17, 15) is 22.8 Å². The maximum atomic E-state index is 12.8. The van der Waals surface area contributed by atoms with Crippen molar-refractivity contribution in [2.24, 2.45) is 21.1 Å². The second-order valence-corrected chi connectivity index (χ2v) is 5.46. The molecule has 0 radical (unpaired) electrons. The molecule has 0 aliphatic carbocycles. The highest BCUT2D eigenvalue weighted by molar-refractivity contribution is 5.71. The summed E-state index contributed by atoms with van der Waals surface area (Å²) in [6.07, 6.45) is -4.51. The number of hydrogen-bond acceptors (Lipinski definition) is 4. The van der Waals surface area contributed by atoms with Crippen molar-refractivity contribution in [3.8, 4) is 11.8 Å². The quantitative estimate of drug-likeness (QED) is 0.703. The molecule has 0 N–H and O–H groups in total. The van der Waals surface area contributed by atoms with Gasteiger partial charge in [-0.25, -0.2) is 4.79 Å². The molecule has 25 heavy (non-hydrogen) atoms. The maximum absolute atomic E-state index is 12.8. The molecule has 7 nitrogen and oxygen atoms in total. The first-order valence-corrected chi connectivity index (χ1v) is 7.09. The first-order valence-electron chi connectivity index (χ1n) is 7.09. The topological polar surface area (TPSA) is 71.1 Å². The van der Waals surface area contributed by atoms with Crippen LogP contribution in [0.5, 0.6) is 11.8 Å². The van der Waals surface area contributed by atoms with Gasteiger partial charge >= 0.3 is 17.9 Å². The molecule has 0 bridgehead atoms. The minimum atomic E-state index is -4.51. The maximum Gasteiger partial charge on any atom is 0.416 e. The standard InChI is InChI=1S/C15H13F3N4O3/c1-20-10-11(21(2)14(24)22(3)12(10)23)19-13(20)25-9-6-4-5-8(7-9)15(16,17)18/h4-7H,1-3H3. The Bertz CT molecular complexity index is 1090. The van der Waals surface area contributed by atoms with Crippen molar-refractivity contribution < 1.29 is 17.9 Å². The molecule has 2 heterocycles. The Morgan fingerprint density at radius 1 is 1.04 bits per heavy atom. The normalized spacial score (nSPS) is 11.9. The van der Waals surface area contributed by atoms with Gasteiger partial charge < -0.3 is 4.74 Å². The number of rotatable bonds is 2. The van der Waals surface area contributed by atoms with Crippen molar-refractivity contribution in [3.05, 3.63) is 50.7 Å². The lowest BCUT2D eigenvalue weighted by Gasteiger charge is -2.09. The molecule has 0 saturated carbocycles. The van der Waals surface area contributed by atoms with Crippen molar-refractivity contribution in [2.45, 2.75) is 6.18 Å². The molecule has 0 aliphatic rings. The Labute approximate surface area is 138 Å². The lowest BCUT2D eigenvalue weighted by atomic mass is 10.2. The van der Waals surface area contributed by atoms with E-state index in [0.717, 1.165) is 21.3 Å². The van der Waals surface area contributed by atoms with Crippen LogP contribution >= 0.6 is 0 Å². The lowest BCUT2D eigenvalue weighted by Crippen LogP contribution is -2.37. The molecule has 3 rings (SSSR count). The summed E-state index contributed by atoms with van der Waals surface area (Å²) in [7, 11) is 4.24. The minimum absolute atomic E-state index is 0.0811. The number of nitrogens with zero attached hydrogens (tertiary/aromatic N) is 4. The van der Waals surface area contributed by atoms with Crippen LogP contribution in [0, 0.1) is 0 Å². The van der Waals surface area contributed by atoms with Gasteiger partial charge in [0.25, 0.3) is 5.56 Å². The van der Waals surface area contributed by atoms with Crippen LogP contribution < -0.4 is 16.0 Å². The van der Waals surface area contributed by atoms with Crippen LogP contribution in [0.1, 0.15) is 5.56 Å². The van der Waals surface area contributed by atoms with Crippen molar-refractivity contribution in [1.82, 2.24) is 18.7 Å². The van der Waals surface area contributed by atoms with E-state index in [1.165, 1.54) is 37.8 Å². The van der Waals surface area contributed by atoms with Crippen molar-refractivity contribution in [2.75, 3.05) is 0 Å². The van der Waals surface area contributed by atoms with E-state index in [0.29, 0.717) is 0 Å². The summed E-state index contributed by atoms with van der Waals surface area (Å²) in [5.74, 6) is -0.0879. The number of aryl methyl sites for hydroxylation is 2. The second-order valence-electron chi connectivity index (χ2n) is 5.46. The summed E-state index contributed by atoms with van der Waals surface area (Å²) in [6.45, 7) is 0. The van der Waals surface area contributed by atoms with Crippen molar-refractivity contribution >= 4 is 11.2 Å². The largest absolute Gasteiger partial charge is 0.425 e. The number of aromatic nitrogens is 4. The monoisotopic (exact) mass is 354 g/mol. The first kappa shape index (κ1) is 16.8. The van der Waals surface area contributed by atoms with Crippen LogP contribution in [0.15, 0.2) is 33.9 Å². The molecule has 1 aromatic carbocycles. The summed E-state index contributed by atoms with van der Waals surface area (Å²) in [4.78, 5) is 28.3. The van der Waals surface area contributed by atoms with Crippen molar-refractivity contribution in [1.29, 1.82) is 0 Å². The molecule has 0 fully saturated rings. The highest BCUT2D eigenvalue weighted by Crippen LogP contribution is 2.32. The van der Waals surface area contributed by atoms with Crippen LogP contribution in [0.25, 0.3) is 11.2 Å². The molecule has 0 amide bonds. The Morgan fingerprint density at radius 3 is 2.36 bits per heavy atom. The first-order chi connectivity index (χ1) is 11.6. The smallest absolute Gasteiger partial charge is 0.416 e. The molecule has 132 valence electrons. The van der Waals surface area contributed by atoms with E-state index in [1.807, 2.05) is 0 Å². The molecular weight excluding hydrogens is 341 g/mol. The predicted octanol–water partition coefficient (Wildman–Crippen LogP) is 1.78. The Kier molecular flexibility index (Phi) is 3.70. The van der Waals surface area contributed by atoms with Crippen LogP contribution in [0.3, 0.4) is 0 Å². The molecule has 0 atom stereocenters. The van der Waals surface area contributed by atoms with E-state index >= 15 is 0 Å². The van der Waals surface area contributed by atoms with E-state index in [4.69, 9.17) is 4.74 Å². The van der Waals surface area contributed by atoms with Gasteiger partial charge in [0.1, 0.15) is 5.75 Å². The highest BCUT2D eigenvalue weighted by atomic mass is 19.4. The third-order valence-electron chi connectivity index (χ3n) is 3.80. The number of ether oxygens (including phenoxy) is 1. The van der Waals surface area contributed by atoms with Crippen LogP contribution in [0.4, 0.5) is 13.2 Å². The second kappa shape index (κ2) is 5.50. The highest BCUT2D eigenvalue weighted by Gasteiger charge is 2.30. The van der Waals surface area contributed by atoms with Crippen LogP contribution in [-0.2, 0) is 27.3 Å². The van der Waals surface area contributed by atoms with Gasteiger partial charge in [-0.05, 0) is 18.2 Å². The predicted molar refractivity (Wildman–Crippen MR) is 82.7 cm³/mol. The van der Waals surface area contributed by atoms with E-state index in [2.05, 4.69) is 4.98 Å². The average Bonchev–Trinajstić information content (AvgIpc) is 2.87. The molecule has 0 unspecified atom stereocenters. The number of benzene rings is 1. The minimum Gasteiger partial charge on any atom is -0.425 e. The molecule has 10 heteroatoms. The van der Waals surface area contributed by atoms with Gasteiger partial charge in [0.15, 0.2) is 11.2 Å². The molecule has 0 saturated heterocycles. The third-order valence-corrected chi connectivity index (χ3v) is 3.80. The van der Waals surface area contributed by atoms with E-state index in [1.54, 1.807) is 0 Å². The van der Waals surface area contributed by atoms with Gasteiger partial charge in [0.2, 0.25) is 0 Å². The summed E-state index contributed by atoms with van der Waals surface area (Å²) < 4.78 is 47.1. The number of imidazole rings is 1. The summed E-state index contributed by atoms with van der Waals surface area (Å²) >= 11 is 0. The van der Waals surface area contributed by atoms with Gasteiger partial charge in [-0.1, -0.05) is 6.07 Å². The van der Waals surface area contributed by atoms with Gasteiger partial charge in [0.05, 0.1) is 5.56 Å². The van der Waals surface area contributed by atoms with Crippen LogP contribution in [-0.4, -0.2) is 18.7 Å². The van der Waals surface area contributed by atoms with Gasteiger partial charge in [-0.15, -0.1) is 0 Å². The average molecular weight is 354 g/mol. The molecule has 2 aromatic heterocycles. The Balaban J connectivity index is 2.14. The van der Waals surface area contributed by atoms with Gasteiger partial charge in [0, 0.05) is 21.1 Å². The lowest BCUT2D eigenvalue weighted by molar-refractivity contribution is -0.137. The third kappa shape index (κ3) is 2.69. The number of alkyl halides is 3. The fourth-order valence-electron chi connectivity index (χ4n) is 2.43. The summed E-state index contributed by atoms with van der Waals surface area (Å²) in [5.41, 5.74) is -1.83. The number of fused-ring (bicyclic) bond motifs is 1. The molecule has 3 aromatic rings. The van der Waals surface area contributed by atoms with E-state index in [-0.39, 0.29) is 22.9 Å². The van der Waals surface area contributed by atoms with Gasteiger partial charge in [-0.3, -0.25) is 18.5 Å². The fraction of sp³-hybridized carbons (Fsp3) is 0.267. The fourth-order valence-corrected chi connectivity index (χ4v) is 2.43. The zero-order valence-electron chi connectivity index (χ0n) is 13.5. The molecular formula is C15H13F3N4O3. The zero-order chi connectivity index (χ0) is 18.5. The summed E-state index contributed by atoms with van der Waals surface area (Å²) in [6, 6.07) is 4.19. The van der Waals surface area contributed by atoms with Crippen LogP contribution in [0.2, 0.25) is 0 Å². The van der Waals surface area contributed by atoms with Gasteiger partial charge in [-0.2, -0.15) is 18.2 Å².